The van der Waals surface area contributed by atoms with Crippen molar-refractivity contribution in [1.82, 2.24) is 9.55 Å². The predicted molar refractivity (Wildman–Crippen MR) is 283 cm³/mol. The maximum absolute atomic E-state index is 8.70. The number of aryl methyl sites for hydroxylation is 1. The molecule has 0 saturated carbocycles. The standard InChI is InChI=1S/C63H53N4O.Pt/c1-42-33-34-64-60(35-42)67-56-24-12-11-21-54(56)55-32-31-51(40-59(55)67)68-50-20-15-19-49(39-50)65-41-66(58-26-14-13-25-57(58)65)61-52(45-29-27-44(28-30-45)43-17-9-8-10-18-43)22-16-23-53(61)46-36-47(62(2,3)4)38-48(37-46)63(5,6)7;/h8-38,41H,1-7H3;/q-3;/i1D3,8D,9D,10D,17D,18D;. The number of hydrogen-bond acceptors (Lipinski definition) is 4. The summed E-state index contributed by atoms with van der Waals surface area (Å²) in [5.74, 6) is 1.35. The monoisotopic (exact) mass is 1080 g/mol. The first-order valence-corrected chi connectivity index (χ1v) is 22.8. The summed E-state index contributed by atoms with van der Waals surface area (Å²) in [5, 5.41) is 1.88. The zero-order valence-electron chi connectivity index (χ0n) is 47.1. The van der Waals surface area contributed by atoms with Crippen LogP contribution < -0.4 is 14.5 Å². The first kappa shape index (κ1) is 36.8. The van der Waals surface area contributed by atoms with Gasteiger partial charge in [0.15, 0.2) is 0 Å². The van der Waals surface area contributed by atoms with Crippen molar-refractivity contribution >= 4 is 44.6 Å². The van der Waals surface area contributed by atoms with Gasteiger partial charge in [-0.3, -0.25) is 0 Å². The van der Waals surface area contributed by atoms with E-state index in [4.69, 9.17) is 15.7 Å². The molecule has 69 heavy (non-hydrogen) atoms. The van der Waals surface area contributed by atoms with E-state index in [1.54, 1.807) is 6.07 Å². The van der Waals surface area contributed by atoms with Crippen molar-refractivity contribution < 1.29 is 36.8 Å². The number of aromatic nitrogens is 2. The molecule has 2 aromatic heterocycles. The largest absolute Gasteiger partial charge is 0.509 e. The van der Waals surface area contributed by atoms with Gasteiger partial charge in [0.05, 0.1) is 6.85 Å². The molecule has 0 unspecified atom stereocenters. The smallest absolute Gasteiger partial charge is 0.135 e. The molecule has 0 saturated heterocycles. The van der Waals surface area contributed by atoms with Crippen LogP contribution in [0.25, 0.3) is 61.0 Å². The van der Waals surface area contributed by atoms with Gasteiger partial charge in [-0.2, -0.15) is 12.1 Å². The number of para-hydroxylation sites is 4. The van der Waals surface area contributed by atoms with Crippen molar-refractivity contribution in [3.05, 3.63) is 224 Å². The number of benzene rings is 8. The van der Waals surface area contributed by atoms with Crippen LogP contribution in [0.2, 0.25) is 0 Å². The average Bonchev–Trinajstić information content (AvgIpc) is 4.03. The molecule has 5 nitrogen and oxygen atoms in total. The molecule has 0 fully saturated rings. The van der Waals surface area contributed by atoms with Crippen molar-refractivity contribution in [2.45, 2.75) is 59.2 Å². The summed E-state index contributed by atoms with van der Waals surface area (Å²) >= 11 is 0. The number of nitrogens with zero attached hydrogens (tertiary/aromatic N) is 4. The molecule has 0 radical (unpaired) electrons. The van der Waals surface area contributed by atoms with E-state index in [2.05, 4.69) is 124 Å². The van der Waals surface area contributed by atoms with Gasteiger partial charge in [0.1, 0.15) is 5.82 Å². The van der Waals surface area contributed by atoms with Crippen LogP contribution in [0.3, 0.4) is 0 Å². The topological polar surface area (TPSA) is 33.5 Å². The minimum Gasteiger partial charge on any atom is -0.509 e. The van der Waals surface area contributed by atoms with Gasteiger partial charge < -0.3 is 19.1 Å². The van der Waals surface area contributed by atoms with E-state index in [0.717, 1.165) is 61.3 Å². The second-order valence-corrected chi connectivity index (χ2v) is 19.3. The maximum Gasteiger partial charge on any atom is 0.135 e. The molecule has 0 spiro atoms. The summed E-state index contributed by atoms with van der Waals surface area (Å²) in [4.78, 5) is 8.94. The second kappa shape index (κ2) is 18.0. The maximum atomic E-state index is 8.70. The van der Waals surface area contributed by atoms with E-state index < -0.39 is 12.9 Å². The second-order valence-electron chi connectivity index (χ2n) is 19.3. The molecule has 1 aliphatic rings. The van der Waals surface area contributed by atoms with Crippen molar-refractivity contribution in [1.29, 1.82) is 0 Å². The normalized spacial score (nSPS) is 14.5. The fraction of sp³-hybridized carbons (Fsp3) is 0.143. The number of hydrogen-bond donors (Lipinski definition) is 0. The van der Waals surface area contributed by atoms with Crippen LogP contribution in [0.5, 0.6) is 11.5 Å². The summed E-state index contributed by atoms with van der Waals surface area (Å²) < 4.78 is 75.1. The van der Waals surface area contributed by atoms with Gasteiger partial charge in [0, 0.05) is 76.6 Å². The Labute approximate surface area is 432 Å². The predicted octanol–water partition coefficient (Wildman–Crippen LogP) is 16.9. The van der Waals surface area contributed by atoms with Crippen molar-refractivity contribution in [3.8, 4) is 50.7 Å². The van der Waals surface area contributed by atoms with E-state index >= 15 is 0 Å². The van der Waals surface area contributed by atoms with Crippen molar-refractivity contribution in [2.75, 3.05) is 9.80 Å². The Kier molecular flexibility index (Phi) is 9.62. The van der Waals surface area contributed by atoms with Crippen LogP contribution in [0.1, 0.15) is 69.2 Å². The van der Waals surface area contributed by atoms with Crippen LogP contribution in [-0.4, -0.2) is 9.55 Å². The Morgan fingerprint density at radius 3 is 1.96 bits per heavy atom. The Morgan fingerprint density at radius 2 is 1.23 bits per heavy atom. The first-order chi connectivity index (χ1) is 36.2. The minimum atomic E-state index is -2.31. The van der Waals surface area contributed by atoms with Crippen LogP contribution in [0, 0.1) is 25.7 Å². The van der Waals surface area contributed by atoms with Crippen LogP contribution in [0.15, 0.2) is 188 Å². The zero-order valence-corrected chi connectivity index (χ0v) is 41.4. The van der Waals surface area contributed by atoms with Gasteiger partial charge in [-0.1, -0.05) is 168 Å². The Morgan fingerprint density at radius 1 is 0.580 bits per heavy atom. The number of fused-ring (bicyclic) bond motifs is 4. The summed E-state index contributed by atoms with van der Waals surface area (Å²) in [6.45, 7) is 13.2. The molecule has 10 aromatic rings. The van der Waals surface area contributed by atoms with Gasteiger partial charge in [-0.05, 0) is 92.3 Å². The molecule has 344 valence electrons. The fourth-order valence-corrected chi connectivity index (χ4v) is 9.08. The SMILES string of the molecule is [2H]c1c([2H])c([2H])c(-c2ccc(-c3cccc(-c4cc(C(C)(C)C)cc(C(C)(C)C)c4)c3N3[CH-]N(c4[c-]c(Oc5[c-]c6c(cc5)c5ccccc5n6-c5cc(C([2H])([2H])[2H])ccn5)ccc4)c4ccccc43)cc2)c([2H])c1[2H].[Pt]. The van der Waals surface area contributed by atoms with Crippen molar-refractivity contribution in [2.24, 2.45) is 0 Å². The minimum absolute atomic E-state index is 0. The van der Waals surface area contributed by atoms with Gasteiger partial charge in [0.25, 0.3) is 0 Å². The Balaban J connectivity index is 0.00000672. The molecule has 1 aliphatic heterocycles. The van der Waals surface area contributed by atoms with Crippen molar-refractivity contribution in [3.63, 3.8) is 0 Å². The summed E-state index contributed by atoms with van der Waals surface area (Å²) in [5.41, 5.74) is 11.9. The molecule has 0 aliphatic carbocycles. The number of rotatable bonds is 8. The fourth-order valence-electron chi connectivity index (χ4n) is 9.08. The van der Waals surface area contributed by atoms with Gasteiger partial charge in [-0.15, -0.1) is 48.1 Å². The van der Waals surface area contributed by atoms with Gasteiger partial charge >= 0.3 is 0 Å². The number of pyridine rings is 1. The summed E-state index contributed by atoms with van der Waals surface area (Å²) in [7, 11) is 0. The molecule has 11 rings (SSSR count). The molecule has 6 heteroatoms. The van der Waals surface area contributed by atoms with E-state index in [1.165, 1.54) is 23.4 Å². The molecule has 0 amide bonds. The Bertz CT molecular complexity index is 3870. The summed E-state index contributed by atoms with van der Waals surface area (Å²) in [6.07, 6.45) is 1.52. The zero-order chi connectivity index (χ0) is 53.6. The van der Waals surface area contributed by atoms with Crippen LogP contribution in [0.4, 0.5) is 22.7 Å². The molecule has 0 N–H and O–H groups in total. The third-order valence-electron chi connectivity index (χ3n) is 12.6. The molecule has 0 bridgehead atoms. The third-order valence-corrected chi connectivity index (χ3v) is 12.6. The third kappa shape index (κ3) is 8.66. The van der Waals surface area contributed by atoms with E-state index in [1.807, 2.05) is 95.6 Å². The molecular weight excluding hydrogens is 1020 g/mol. The first-order valence-electron chi connectivity index (χ1n) is 26.8. The average molecular weight is 1090 g/mol. The number of anilines is 4. The van der Waals surface area contributed by atoms with E-state index in [-0.39, 0.29) is 67.2 Å². The van der Waals surface area contributed by atoms with Gasteiger partial charge in [0.2, 0.25) is 0 Å². The van der Waals surface area contributed by atoms with Crippen LogP contribution >= 0.6 is 0 Å². The Hall–Kier alpha value is -7.20. The molecule has 0 atom stereocenters. The molecule has 8 aromatic carbocycles. The molecule has 3 heterocycles. The van der Waals surface area contributed by atoms with Crippen LogP contribution in [-0.2, 0) is 31.9 Å². The van der Waals surface area contributed by atoms with E-state index in [0.29, 0.717) is 28.4 Å². The quantitative estimate of drug-likeness (QED) is 0.142. The summed E-state index contributed by atoms with van der Waals surface area (Å²) in [6, 6.07) is 55.1. The van der Waals surface area contributed by atoms with E-state index in [9.17, 15) is 0 Å². The number of ether oxygens (including phenoxy) is 1. The van der Waals surface area contributed by atoms with Gasteiger partial charge in [-0.25, -0.2) is 4.98 Å². The molecular formula is C63H53N4OPt-3.